The fraction of sp³-hybridized carbons (Fsp3) is 0.640. The van der Waals surface area contributed by atoms with Crippen LogP contribution >= 0.6 is 0 Å². The van der Waals surface area contributed by atoms with Crippen LogP contribution in [-0.2, 0) is 42.6 Å². The summed E-state index contributed by atoms with van der Waals surface area (Å²) in [4.78, 5) is -0.375. The number of nitrogens with zero attached hydrogens (tertiary/aromatic N) is 2. The molecule has 3 heterocycles. The molecule has 8 nitrogen and oxygen atoms in total. The van der Waals surface area contributed by atoms with Gasteiger partial charge in [-0.3, -0.25) is 0 Å². The largest absolute Gasteiger partial charge is 0.416 e. The van der Waals surface area contributed by atoms with Crippen LogP contribution < -0.4 is 0 Å². The Morgan fingerprint density at radius 2 is 1.95 bits per heavy atom. The zero-order valence-corrected chi connectivity index (χ0v) is 23.9. The van der Waals surface area contributed by atoms with Crippen molar-refractivity contribution >= 4 is 17.9 Å². The number of rotatable bonds is 9. The molecule has 13 heteroatoms. The minimum atomic E-state index is -4.66. The molecule has 0 aliphatic carbocycles. The highest BCUT2D eigenvalue weighted by Gasteiger charge is 2.47. The van der Waals surface area contributed by atoms with Crippen molar-refractivity contribution in [2.45, 2.75) is 79.7 Å². The van der Waals surface area contributed by atoms with Gasteiger partial charge in [-0.05, 0) is 50.1 Å². The molecule has 1 aromatic heterocycles. The molecule has 0 bridgehead atoms. The third kappa shape index (κ3) is 6.02. The molecule has 2 saturated heterocycles. The van der Waals surface area contributed by atoms with E-state index in [-0.39, 0.29) is 44.3 Å². The summed E-state index contributed by atoms with van der Waals surface area (Å²) in [6, 6.07) is 6.47. The molecule has 38 heavy (non-hydrogen) atoms. The Labute approximate surface area is 222 Å². The monoisotopic (exact) mass is 576 g/mol. The summed E-state index contributed by atoms with van der Waals surface area (Å²) in [5.41, 5.74) is -1.34. The average Bonchev–Trinajstić information content (AvgIpc) is 3.24. The van der Waals surface area contributed by atoms with E-state index in [9.17, 15) is 26.7 Å². The van der Waals surface area contributed by atoms with E-state index in [4.69, 9.17) is 14.2 Å². The molecule has 2 atom stereocenters. The summed E-state index contributed by atoms with van der Waals surface area (Å²) in [6.07, 6.45) is -5.26. The van der Waals surface area contributed by atoms with Crippen molar-refractivity contribution in [2.24, 2.45) is 0 Å². The Hall–Kier alpha value is -1.77. The zero-order chi connectivity index (χ0) is 28.0. The first-order valence-electron chi connectivity index (χ1n) is 12.5. The Bertz CT molecular complexity index is 1260. The molecular weight excluding hydrogens is 541 g/mol. The second kappa shape index (κ2) is 10.3. The smallest absolute Gasteiger partial charge is 0.379 e. The number of sulfone groups is 1. The Morgan fingerprint density at radius 1 is 1.24 bits per heavy atom. The lowest BCUT2D eigenvalue weighted by Gasteiger charge is -2.38. The van der Waals surface area contributed by atoms with Crippen LogP contribution in [0.25, 0.3) is 0 Å². The minimum absolute atomic E-state index is 0.000541. The maximum atomic E-state index is 13.7. The normalized spacial score (nSPS) is 24.3. The number of aromatic nitrogens is 2. The van der Waals surface area contributed by atoms with Crippen LogP contribution in [0.1, 0.15) is 42.8 Å². The van der Waals surface area contributed by atoms with E-state index >= 15 is 0 Å². The number of hydrogen-bond acceptors (Lipinski definition) is 7. The lowest BCUT2D eigenvalue weighted by atomic mass is 9.93. The van der Waals surface area contributed by atoms with Gasteiger partial charge in [-0.2, -0.15) is 18.3 Å². The third-order valence-corrected chi connectivity index (χ3v) is 11.4. The highest BCUT2D eigenvalue weighted by Crippen LogP contribution is 2.43. The molecule has 1 aromatic carbocycles. The van der Waals surface area contributed by atoms with Crippen molar-refractivity contribution < 1.29 is 40.9 Å². The molecule has 1 N–H and O–H groups in total. The molecule has 0 radical (unpaired) electrons. The molecule has 2 aliphatic heterocycles. The molecule has 2 fully saturated rings. The molecule has 2 unspecified atom stereocenters. The molecule has 212 valence electrons. The number of aliphatic hydroxyl groups is 1. The molecule has 2 aromatic rings. The zero-order valence-electron chi connectivity index (χ0n) is 22.0. The standard InChI is InChI=1S/C25H35F3N2O6SSi/c1-23(37(32,33)19-7-5-6-18(12-19)25(26,27)28)8-9-36-21(14-23)20-13-22(24(31)15-35-16-24)29-30(20)17-34-10-11-38(2,3)4/h5-7,12-13,21,31H,8-11,14-17H2,1-4H3. The Kier molecular flexibility index (Phi) is 7.94. The molecule has 4 rings (SSSR count). The van der Waals surface area contributed by atoms with Gasteiger partial charge in [0.1, 0.15) is 12.8 Å². The first kappa shape index (κ1) is 29.2. The maximum Gasteiger partial charge on any atom is 0.416 e. The van der Waals surface area contributed by atoms with Gasteiger partial charge < -0.3 is 19.3 Å². The van der Waals surface area contributed by atoms with Gasteiger partial charge in [-0.25, -0.2) is 13.1 Å². The Balaban J connectivity index is 1.61. The van der Waals surface area contributed by atoms with Crippen molar-refractivity contribution in [3.63, 3.8) is 0 Å². The summed E-state index contributed by atoms with van der Waals surface area (Å²) < 4.78 is 84.4. The fourth-order valence-corrected chi connectivity index (χ4v) is 7.11. The minimum Gasteiger partial charge on any atom is -0.379 e. The first-order chi connectivity index (χ1) is 17.5. The SMILES string of the molecule is CC1(S(=O)(=O)c2cccc(C(F)(F)F)c2)CCOC(c2cc(C3(O)COC3)nn2COCC[Si](C)(C)C)C1. The summed E-state index contributed by atoms with van der Waals surface area (Å²) in [5, 5.41) is 15.3. The number of benzene rings is 1. The molecule has 0 amide bonds. The predicted molar refractivity (Wildman–Crippen MR) is 136 cm³/mol. The molecule has 0 spiro atoms. The van der Waals surface area contributed by atoms with Gasteiger partial charge in [-0.15, -0.1) is 0 Å². The summed E-state index contributed by atoms with van der Waals surface area (Å²) in [6.45, 7) is 9.14. The van der Waals surface area contributed by atoms with Gasteiger partial charge in [-0.1, -0.05) is 25.7 Å². The van der Waals surface area contributed by atoms with E-state index in [2.05, 4.69) is 24.7 Å². The van der Waals surface area contributed by atoms with Crippen molar-refractivity contribution in [3.8, 4) is 0 Å². The second-order valence-corrected chi connectivity index (χ2v) is 19.7. The second-order valence-electron chi connectivity index (χ2n) is 11.6. The maximum absolute atomic E-state index is 13.7. The number of hydrogen-bond donors (Lipinski definition) is 1. The van der Waals surface area contributed by atoms with E-state index in [0.29, 0.717) is 24.1 Å². The third-order valence-electron chi connectivity index (χ3n) is 7.20. The lowest BCUT2D eigenvalue weighted by Crippen LogP contribution is -2.46. The first-order valence-corrected chi connectivity index (χ1v) is 17.7. The fourth-order valence-electron chi connectivity index (χ4n) is 4.52. The molecular formula is C25H35F3N2O6SSi. The number of alkyl halides is 3. The van der Waals surface area contributed by atoms with Crippen molar-refractivity contribution in [3.05, 3.63) is 47.3 Å². The summed E-state index contributed by atoms with van der Waals surface area (Å²) in [5.74, 6) is 0. The van der Waals surface area contributed by atoms with Gasteiger partial charge in [0, 0.05) is 21.3 Å². The summed E-state index contributed by atoms with van der Waals surface area (Å²) in [7, 11) is -5.48. The van der Waals surface area contributed by atoms with E-state index < -0.39 is 46.1 Å². The van der Waals surface area contributed by atoms with Crippen molar-refractivity contribution in [1.29, 1.82) is 0 Å². The van der Waals surface area contributed by atoms with Gasteiger partial charge in [0.15, 0.2) is 15.4 Å². The lowest BCUT2D eigenvalue weighted by molar-refractivity contribution is -0.187. The van der Waals surface area contributed by atoms with Crippen molar-refractivity contribution in [1.82, 2.24) is 9.78 Å². The van der Waals surface area contributed by atoms with E-state index in [1.54, 1.807) is 10.7 Å². The Morgan fingerprint density at radius 3 is 2.55 bits per heavy atom. The molecule has 0 saturated carbocycles. The molecule has 2 aliphatic rings. The van der Waals surface area contributed by atoms with Gasteiger partial charge in [0.2, 0.25) is 0 Å². The quantitative estimate of drug-likeness (QED) is 0.346. The van der Waals surface area contributed by atoms with Crippen LogP contribution in [0.2, 0.25) is 25.7 Å². The van der Waals surface area contributed by atoms with Crippen LogP contribution in [0.15, 0.2) is 35.2 Å². The van der Waals surface area contributed by atoms with Gasteiger partial charge >= 0.3 is 6.18 Å². The number of halogens is 3. The summed E-state index contributed by atoms with van der Waals surface area (Å²) >= 11 is 0. The van der Waals surface area contributed by atoms with E-state index in [1.807, 2.05) is 0 Å². The number of ether oxygens (including phenoxy) is 3. The average molecular weight is 577 g/mol. The van der Waals surface area contributed by atoms with Crippen LogP contribution in [0.4, 0.5) is 13.2 Å². The van der Waals surface area contributed by atoms with Gasteiger partial charge in [0.05, 0.1) is 39.8 Å². The van der Waals surface area contributed by atoms with Crippen LogP contribution in [-0.4, -0.2) is 62.6 Å². The highest BCUT2D eigenvalue weighted by molar-refractivity contribution is 7.92. The topological polar surface area (TPSA) is 99.9 Å². The van der Waals surface area contributed by atoms with Crippen LogP contribution in [0, 0.1) is 0 Å². The van der Waals surface area contributed by atoms with Gasteiger partial charge in [0.25, 0.3) is 0 Å². The van der Waals surface area contributed by atoms with Crippen LogP contribution in [0.3, 0.4) is 0 Å². The van der Waals surface area contributed by atoms with E-state index in [0.717, 1.165) is 18.2 Å². The van der Waals surface area contributed by atoms with Crippen molar-refractivity contribution in [2.75, 3.05) is 26.4 Å². The van der Waals surface area contributed by atoms with E-state index in [1.165, 1.54) is 13.0 Å². The highest BCUT2D eigenvalue weighted by atomic mass is 32.2. The predicted octanol–water partition coefficient (Wildman–Crippen LogP) is 4.52. The van der Waals surface area contributed by atoms with Crippen LogP contribution in [0.5, 0.6) is 0 Å².